The number of unbranched alkanes of at least 4 members (excludes halogenated alkanes) is 3. The zero-order valence-electron chi connectivity index (χ0n) is 11.5. The van der Waals surface area contributed by atoms with Crippen molar-refractivity contribution in [2.75, 3.05) is 19.8 Å². The molecule has 5 heteroatoms. The average molecular weight is 267 g/mol. The Kier molecular flexibility index (Phi) is 11.5. The molecule has 0 radical (unpaired) electrons. The van der Waals surface area contributed by atoms with Crippen LogP contribution >= 0.6 is 8.17 Å². The summed E-state index contributed by atoms with van der Waals surface area (Å²) in [5, 5.41) is 0. The van der Waals surface area contributed by atoms with Gasteiger partial charge >= 0.3 is 8.17 Å². The van der Waals surface area contributed by atoms with Gasteiger partial charge in [0.25, 0.3) is 0 Å². The maximum Gasteiger partial charge on any atom is 0.572 e. The highest BCUT2D eigenvalue weighted by Crippen LogP contribution is 2.58. The molecule has 0 spiro atoms. The largest absolute Gasteiger partial charge is 0.572 e. The van der Waals surface area contributed by atoms with Gasteiger partial charge in [-0.05, 0) is 19.3 Å². The minimum absolute atomic E-state index is 0.499. The molecular formula is C12H28O4P+. The second-order valence-corrected chi connectivity index (χ2v) is 5.74. The van der Waals surface area contributed by atoms with E-state index in [1.165, 1.54) is 0 Å². The van der Waals surface area contributed by atoms with Crippen molar-refractivity contribution in [2.24, 2.45) is 0 Å². The second-order valence-electron chi connectivity index (χ2n) is 4.03. The quantitative estimate of drug-likeness (QED) is 0.427. The van der Waals surface area contributed by atoms with Crippen LogP contribution in [0.5, 0.6) is 0 Å². The van der Waals surface area contributed by atoms with Gasteiger partial charge in [-0.3, -0.25) is 0 Å². The molecule has 1 N–H and O–H groups in total. The molecule has 0 saturated heterocycles. The fraction of sp³-hybridized carbons (Fsp3) is 1.00. The molecule has 0 unspecified atom stereocenters. The molecule has 0 aromatic carbocycles. The van der Waals surface area contributed by atoms with Gasteiger partial charge in [-0.1, -0.05) is 40.0 Å². The second kappa shape index (κ2) is 11.4. The summed E-state index contributed by atoms with van der Waals surface area (Å²) in [6.07, 6.45) is 5.83. The zero-order valence-corrected chi connectivity index (χ0v) is 12.4. The van der Waals surface area contributed by atoms with E-state index in [4.69, 9.17) is 13.6 Å². The van der Waals surface area contributed by atoms with Crippen LogP contribution in [0.25, 0.3) is 0 Å². The van der Waals surface area contributed by atoms with Crippen LogP contribution in [0.15, 0.2) is 0 Å². The van der Waals surface area contributed by atoms with Crippen LogP contribution in [0.3, 0.4) is 0 Å². The molecule has 0 atom stereocenters. The number of hydrogen-bond donors (Lipinski definition) is 1. The van der Waals surface area contributed by atoms with Gasteiger partial charge in [0, 0.05) is 0 Å². The lowest BCUT2D eigenvalue weighted by molar-refractivity contribution is 0.0784. The molecule has 17 heavy (non-hydrogen) atoms. The summed E-state index contributed by atoms with van der Waals surface area (Å²) < 4.78 is 16.2. The molecule has 0 aromatic heterocycles. The van der Waals surface area contributed by atoms with Crippen molar-refractivity contribution < 1.29 is 18.5 Å². The van der Waals surface area contributed by atoms with E-state index in [-0.39, 0.29) is 0 Å². The summed E-state index contributed by atoms with van der Waals surface area (Å²) in [4.78, 5) is 10.1. The normalized spacial score (nSPS) is 12.0. The van der Waals surface area contributed by atoms with Crippen LogP contribution in [0.4, 0.5) is 0 Å². The lowest BCUT2D eigenvalue weighted by Crippen LogP contribution is -2.09. The van der Waals surface area contributed by atoms with E-state index in [0.29, 0.717) is 19.8 Å². The first-order valence-electron chi connectivity index (χ1n) is 6.74. The summed E-state index contributed by atoms with van der Waals surface area (Å²) >= 11 is 0. The monoisotopic (exact) mass is 267 g/mol. The first kappa shape index (κ1) is 17.3. The molecule has 104 valence electrons. The summed E-state index contributed by atoms with van der Waals surface area (Å²) in [7, 11) is -3.06. The van der Waals surface area contributed by atoms with Crippen molar-refractivity contribution in [2.45, 2.75) is 59.3 Å². The SMILES string of the molecule is CCCCO[P+](O)(OCCCC)OCCCC. The van der Waals surface area contributed by atoms with Gasteiger partial charge in [0.1, 0.15) is 19.8 Å². The molecule has 0 heterocycles. The lowest BCUT2D eigenvalue weighted by Gasteiger charge is -2.14. The Bertz CT molecular complexity index is 140. The Balaban J connectivity index is 3.95. The standard InChI is InChI=1S/C12H28O4P/c1-4-7-10-14-17(13,15-11-8-5-2)16-12-9-6-3/h13H,4-12H2,1-3H3/q+1. The molecular weight excluding hydrogens is 239 g/mol. The van der Waals surface area contributed by atoms with Gasteiger partial charge in [0.2, 0.25) is 0 Å². The van der Waals surface area contributed by atoms with Crippen LogP contribution in [0, 0.1) is 0 Å². The minimum atomic E-state index is -3.06. The van der Waals surface area contributed by atoms with E-state index in [1.54, 1.807) is 0 Å². The summed E-state index contributed by atoms with van der Waals surface area (Å²) in [5.74, 6) is 0. The lowest BCUT2D eigenvalue weighted by atomic mass is 10.4. The van der Waals surface area contributed by atoms with Crippen LogP contribution in [0.2, 0.25) is 0 Å². The highest BCUT2D eigenvalue weighted by molar-refractivity contribution is 7.55. The fourth-order valence-electron chi connectivity index (χ4n) is 1.08. The smallest absolute Gasteiger partial charge is 0.168 e. The topological polar surface area (TPSA) is 47.9 Å². The third-order valence-corrected chi connectivity index (χ3v) is 3.78. The molecule has 0 bridgehead atoms. The predicted molar refractivity (Wildman–Crippen MR) is 71.7 cm³/mol. The molecule has 0 amide bonds. The van der Waals surface area contributed by atoms with Gasteiger partial charge < -0.3 is 0 Å². The molecule has 0 aromatic rings. The van der Waals surface area contributed by atoms with Crippen molar-refractivity contribution in [1.82, 2.24) is 0 Å². The summed E-state index contributed by atoms with van der Waals surface area (Å²) in [6, 6.07) is 0. The van der Waals surface area contributed by atoms with E-state index in [0.717, 1.165) is 38.5 Å². The van der Waals surface area contributed by atoms with E-state index in [2.05, 4.69) is 20.8 Å². The maximum atomic E-state index is 10.1. The highest BCUT2D eigenvalue weighted by atomic mass is 31.2. The molecule has 0 aliphatic heterocycles. The highest BCUT2D eigenvalue weighted by Gasteiger charge is 2.44. The van der Waals surface area contributed by atoms with Crippen molar-refractivity contribution in [3.05, 3.63) is 0 Å². The van der Waals surface area contributed by atoms with Crippen molar-refractivity contribution in [1.29, 1.82) is 0 Å². The van der Waals surface area contributed by atoms with Gasteiger partial charge in [0.05, 0.1) is 0 Å². The predicted octanol–water partition coefficient (Wildman–Crippen LogP) is 4.11. The molecule has 0 aliphatic rings. The van der Waals surface area contributed by atoms with E-state index >= 15 is 0 Å². The number of hydrogen-bond acceptors (Lipinski definition) is 4. The first-order chi connectivity index (χ1) is 8.18. The van der Waals surface area contributed by atoms with Gasteiger partial charge in [0.15, 0.2) is 0 Å². The molecule has 0 saturated carbocycles. The molecule has 0 rings (SSSR count). The van der Waals surface area contributed by atoms with E-state index in [9.17, 15) is 4.89 Å². The molecule has 4 nitrogen and oxygen atoms in total. The Hall–Kier alpha value is 0.270. The van der Waals surface area contributed by atoms with E-state index < -0.39 is 8.17 Å². The summed E-state index contributed by atoms with van der Waals surface area (Å²) in [6.45, 7) is 7.74. The molecule has 0 fully saturated rings. The average Bonchev–Trinajstić information content (AvgIpc) is 2.30. The van der Waals surface area contributed by atoms with E-state index in [1.807, 2.05) is 0 Å². The first-order valence-corrected chi connectivity index (χ1v) is 8.23. The Morgan fingerprint density at radius 2 is 1.00 bits per heavy atom. The third kappa shape index (κ3) is 9.93. The minimum Gasteiger partial charge on any atom is -0.168 e. The van der Waals surface area contributed by atoms with Gasteiger partial charge in [-0.25, -0.2) is 0 Å². The third-order valence-electron chi connectivity index (χ3n) is 2.26. The van der Waals surface area contributed by atoms with Crippen LogP contribution < -0.4 is 0 Å². The zero-order chi connectivity index (χ0) is 13.0. The van der Waals surface area contributed by atoms with Crippen LogP contribution in [0.1, 0.15) is 59.3 Å². The Morgan fingerprint density at radius 3 is 1.24 bits per heavy atom. The van der Waals surface area contributed by atoms with Gasteiger partial charge in [-0.15, -0.1) is 0 Å². The van der Waals surface area contributed by atoms with Crippen molar-refractivity contribution in [3.63, 3.8) is 0 Å². The maximum absolute atomic E-state index is 10.1. The van der Waals surface area contributed by atoms with Crippen molar-refractivity contribution >= 4 is 8.17 Å². The fourth-order valence-corrected chi connectivity index (χ4v) is 2.39. The Morgan fingerprint density at radius 1 is 0.706 bits per heavy atom. The van der Waals surface area contributed by atoms with Crippen LogP contribution in [-0.4, -0.2) is 24.7 Å². The molecule has 0 aliphatic carbocycles. The van der Waals surface area contributed by atoms with Crippen LogP contribution in [-0.2, 0) is 13.6 Å². The van der Waals surface area contributed by atoms with Gasteiger partial charge in [-0.2, -0.15) is 18.5 Å². The number of rotatable bonds is 12. The van der Waals surface area contributed by atoms with Crippen molar-refractivity contribution in [3.8, 4) is 0 Å². The Labute approximate surface area is 106 Å². The summed E-state index contributed by atoms with van der Waals surface area (Å²) in [5.41, 5.74) is 0.